The van der Waals surface area contributed by atoms with E-state index in [9.17, 15) is 0 Å². The number of rotatable bonds is 6. The van der Waals surface area contributed by atoms with Crippen molar-refractivity contribution in [2.45, 2.75) is 20.4 Å². The molecule has 20 heavy (non-hydrogen) atoms. The normalized spacial score (nSPS) is 11.2. The molecule has 0 radical (unpaired) electrons. The van der Waals surface area contributed by atoms with E-state index in [2.05, 4.69) is 28.6 Å². The number of aryl methyl sites for hydroxylation is 3. The van der Waals surface area contributed by atoms with E-state index in [1.807, 2.05) is 30.4 Å². The lowest BCUT2D eigenvalue weighted by Crippen LogP contribution is -2.18. The lowest BCUT2D eigenvalue weighted by atomic mass is 10.1. The average molecular weight is 277 g/mol. The van der Waals surface area contributed by atoms with Gasteiger partial charge >= 0.3 is 0 Å². The number of nitrogens with zero attached hydrogens (tertiary/aromatic N) is 4. The van der Waals surface area contributed by atoms with E-state index in [1.165, 1.54) is 5.56 Å². The Morgan fingerprint density at radius 1 is 1.25 bits per heavy atom. The highest BCUT2D eigenvalue weighted by Crippen LogP contribution is 2.28. The van der Waals surface area contributed by atoms with Crippen LogP contribution in [0.2, 0.25) is 0 Å². The van der Waals surface area contributed by atoms with E-state index in [4.69, 9.17) is 4.74 Å². The SMILES string of the molecule is COCCNCc1cn(C)nc1-c1c(C)nn(C)c1C. The van der Waals surface area contributed by atoms with Crippen LogP contribution in [0.1, 0.15) is 17.0 Å². The summed E-state index contributed by atoms with van der Waals surface area (Å²) in [6.07, 6.45) is 2.06. The molecule has 2 heterocycles. The van der Waals surface area contributed by atoms with Gasteiger partial charge in [-0.25, -0.2) is 0 Å². The Hall–Kier alpha value is -1.66. The van der Waals surface area contributed by atoms with E-state index >= 15 is 0 Å². The monoisotopic (exact) mass is 277 g/mol. The van der Waals surface area contributed by atoms with Crippen LogP contribution in [0.25, 0.3) is 11.3 Å². The van der Waals surface area contributed by atoms with Crippen LogP contribution >= 0.6 is 0 Å². The fraction of sp³-hybridized carbons (Fsp3) is 0.571. The van der Waals surface area contributed by atoms with Gasteiger partial charge in [0.2, 0.25) is 0 Å². The molecular formula is C14H23N5O. The van der Waals surface area contributed by atoms with Gasteiger partial charge in [0.1, 0.15) is 5.69 Å². The molecular weight excluding hydrogens is 254 g/mol. The van der Waals surface area contributed by atoms with Gasteiger partial charge in [-0.05, 0) is 13.8 Å². The summed E-state index contributed by atoms with van der Waals surface area (Å²) in [6, 6.07) is 0. The van der Waals surface area contributed by atoms with Crippen molar-refractivity contribution in [3.05, 3.63) is 23.1 Å². The Labute approximate surface area is 119 Å². The molecule has 0 bridgehead atoms. The molecule has 0 saturated carbocycles. The fourth-order valence-corrected chi connectivity index (χ4v) is 2.39. The second-order valence-electron chi connectivity index (χ2n) is 5.02. The summed E-state index contributed by atoms with van der Waals surface area (Å²) in [5.74, 6) is 0. The Kier molecular flexibility index (Phi) is 4.57. The molecule has 0 aromatic carbocycles. The average Bonchev–Trinajstić information content (AvgIpc) is 2.86. The number of nitrogens with one attached hydrogen (secondary N) is 1. The van der Waals surface area contributed by atoms with Crippen LogP contribution in [0.15, 0.2) is 6.20 Å². The van der Waals surface area contributed by atoms with Crippen LogP contribution in [-0.4, -0.2) is 39.8 Å². The number of hydrogen-bond acceptors (Lipinski definition) is 4. The van der Waals surface area contributed by atoms with Crippen molar-refractivity contribution >= 4 is 0 Å². The van der Waals surface area contributed by atoms with Crippen molar-refractivity contribution < 1.29 is 4.74 Å². The molecule has 0 atom stereocenters. The van der Waals surface area contributed by atoms with Crippen molar-refractivity contribution in [1.29, 1.82) is 0 Å². The summed E-state index contributed by atoms with van der Waals surface area (Å²) in [5.41, 5.74) is 5.49. The molecule has 0 aliphatic carbocycles. The predicted octanol–water partition coefficient (Wildman–Crippen LogP) is 1.17. The van der Waals surface area contributed by atoms with Crippen molar-refractivity contribution in [3.63, 3.8) is 0 Å². The smallest absolute Gasteiger partial charge is 0.100 e. The second-order valence-corrected chi connectivity index (χ2v) is 5.02. The topological polar surface area (TPSA) is 56.9 Å². The minimum atomic E-state index is 0.709. The van der Waals surface area contributed by atoms with Gasteiger partial charge in [0.25, 0.3) is 0 Å². The van der Waals surface area contributed by atoms with Crippen LogP contribution in [0.3, 0.4) is 0 Å². The molecule has 2 aromatic rings. The van der Waals surface area contributed by atoms with E-state index in [0.29, 0.717) is 6.61 Å². The molecule has 2 rings (SSSR count). The first-order valence-electron chi connectivity index (χ1n) is 6.77. The van der Waals surface area contributed by atoms with Gasteiger partial charge in [0, 0.05) is 57.3 Å². The fourth-order valence-electron chi connectivity index (χ4n) is 2.39. The Bertz CT molecular complexity index is 585. The van der Waals surface area contributed by atoms with Crippen molar-refractivity contribution in [1.82, 2.24) is 24.9 Å². The molecule has 6 heteroatoms. The molecule has 0 aliphatic rings. The third-order valence-corrected chi connectivity index (χ3v) is 3.45. The molecule has 0 spiro atoms. The highest BCUT2D eigenvalue weighted by atomic mass is 16.5. The Morgan fingerprint density at radius 2 is 2.00 bits per heavy atom. The Balaban J connectivity index is 2.27. The summed E-state index contributed by atoms with van der Waals surface area (Å²) >= 11 is 0. The first kappa shape index (κ1) is 14.7. The molecule has 0 saturated heterocycles. The van der Waals surface area contributed by atoms with Gasteiger partial charge in [0.05, 0.1) is 12.3 Å². The van der Waals surface area contributed by atoms with Crippen LogP contribution in [0.4, 0.5) is 0 Å². The molecule has 0 aliphatic heterocycles. The minimum Gasteiger partial charge on any atom is -0.383 e. The van der Waals surface area contributed by atoms with Crippen molar-refractivity contribution in [3.8, 4) is 11.3 Å². The van der Waals surface area contributed by atoms with Crippen LogP contribution in [0, 0.1) is 13.8 Å². The van der Waals surface area contributed by atoms with Crippen LogP contribution in [0.5, 0.6) is 0 Å². The molecule has 1 N–H and O–H groups in total. The molecule has 110 valence electrons. The van der Waals surface area contributed by atoms with Gasteiger partial charge in [-0.1, -0.05) is 0 Å². The molecule has 0 unspecified atom stereocenters. The number of ether oxygens (including phenoxy) is 1. The Morgan fingerprint density at radius 3 is 2.60 bits per heavy atom. The largest absolute Gasteiger partial charge is 0.383 e. The molecule has 0 amide bonds. The molecule has 0 fully saturated rings. The van der Waals surface area contributed by atoms with E-state index < -0.39 is 0 Å². The van der Waals surface area contributed by atoms with Gasteiger partial charge < -0.3 is 10.1 Å². The highest BCUT2D eigenvalue weighted by molar-refractivity contribution is 5.67. The predicted molar refractivity (Wildman–Crippen MR) is 78.5 cm³/mol. The van der Waals surface area contributed by atoms with Gasteiger partial charge in [0.15, 0.2) is 0 Å². The number of aromatic nitrogens is 4. The quantitative estimate of drug-likeness (QED) is 0.805. The van der Waals surface area contributed by atoms with Gasteiger partial charge in [-0.2, -0.15) is 10.2 Å². The summed E-state index contributed by atoms with van der Waals surface area (Å²) in [5, 5.41) is 12.4. The van der Waals surface area contributed by atoms with Gasteiger partial charge in [-0.15, -0.1) is 0 Å². The summed E-state index contributed by atoms with van der Waals surface area (Å²) in [4.78, 5) is 0. The maximum Gasteiger partial charge on any atom is 0.100 e. The third kappa shape index (κ3) is 2.91. The number of hydrogen-bond donors (Lipinski definition) is 1. The van der Waals surface area contributed by atoms with E-state index in [1.54, 1.807) is 7.11 Å². The lowest BCUT2D eigenvalue weighted by Gasteiger charge is -2.05. The van der Waals surface area contributed by atoms with E-state index in [-0.39, 0.29) is 0 Å². The molecule has 2 aromatic heterocycles. The maximum atomic E-state index is 5.04. The highest BCUT2D eigenvalue weighted by Gasteiger charge is 2.18. The first-order valence-corrected chi connectivity index (χ1v) is 6.77. The van der Waals surface area contributed by atoms with Crippen molar-refractivity contribution in [2.24, 2.45) is 14.1 Å². The summed E-state index contributed by atoms with van der Waals surface area (Å²) in [6.45, 7) is 6.42. The number of methoxy groups -OCH3 is 1. The third-order valence-electron chi connectivity index (χ3n) is 3.45. The van der Waals surface area contributed by atoms with E-state index in [0.717, 1.165) is 35.7 Å². The zero-order chi connectivity index (χ0) is 14.7. The standard InChI is InChI=1S/C14H23N5O/c1-10-13(11(2)19(4)16-10)14-12(9-18(3)17-14)8-15-6-7-20-5/h9,15H,6-8H2,1-5H3. The second kappa shape index (κ2) is 6.19. The zero-order valence-corrected chi connectivity index (χ0v) is 12.9. The molecule has 6 nitrogen and oxygen atoms in total. The summed E-state index contributed by atoms with van der Waals surface area (Å²) in [7, 11) is 5.62. The first-order chi connectivity index (χ1) is 9.54. The van der Waals surface area contributed by atoms with Gasteiger partial charge in [-0.3, -0.25) is 9.36 Å². The lowest BCUT2D eigenvalue weighted by molar-refractivity contribution is 0.199. The van der Waals surface area contributed by atoms with Crippen LogP contribution in [-0.2, 0) is 25.4 Å². The summed E-state index contributed by atoms with van der Waals surface area (Å²) < 4.78 is 8.80. The van der Waals surface area contributed by atoms with Crippen LogP contribution < -0.4 is 5.32 Å². The maximum absolute atomic E-state index is 5.04. The van der Waals surface area contributed by atoms with Crippen molar-refractivity contribution in [2.75, 3.05) is 20.3 Å². The minimum absolute atomic E-state index is 0.709. The zero-order valence-electron chi connectivity index (χ0n) is 12.9.